The van der Waals surface area contributed by atoms with Gasteiger partial charge in [-0.05, 0) is 113 Å². The van der Waals surface area contributed by atoms with Crippen LogP contribution in [-0.2, 0) is 37.6 Å². The number of cyclic esters (lactones) is 1. The van der Waals surface area contributed by atoms with Crippen LogP contribution in [0.2, 0.25) is 18.1 Å². The molecule has 16 atom stereocenters. The van der Waals surface area contributed by atoms with Gasteiger partial charge in [0.25, 0.3) is 0 Å². The minimum absolute atomic E-state index is 0.00310. The summed E-state index contributed by atoms with van der Waals surface area (Å²) >= 11 is 0. The largest absolute Gasteiger partial charge is 0.459 e. The molecule has 3 aliphatic heterocycles. The maximum absolute atomic E-state index is 14.7. The summed E-state index contributed by atoms with van der Waals surface area (Å²) in [5.41, 5.74) is -3.41. The molecule has 0 aromatic rings. The van der Waals surface area contributed by atoms with Crippen molar-refractivity contribution in [3.05, 3.63) is 0 Å². The zero-order valence-corrected chi connectivity index (χ0v) is 40.5. The van der Waals surface area contributed by atoms with Crippen LogP contribution in [0.1, 0.15) is 129 Å². The lowest BCUT2D eigenvalue weighted by Gasteiger charge is -2.49. The Morgan fingerprint density at radius 1 is 0.895 bits per heavy atom. The molecule has 0 radical (unpaired) electrons. The van der Waals surface area contributed by atoms with Gasteiger partial charge in [0.2, 0.25) is 0 Å². The van der Waals surface area contributed by atoms with Crippen molar-refractivity contribution in [1.29, 1.82) is 0 Å². The number of rotatable bonds is 9. The normalized spacial score (nSPS) is 44.3. The smallest absolute Gasteiger partial charge is 0.311 e. The van der Waals surface area contributed by atoms with Gasteiger partial charge in [0.1, 0.15) is 11.7 Å². The van der Waals surface area contributed by atoms with Gasteiger partial charge >= 0.3 is 5.97 Å². The van der Waals surface area contributed by atoms with Crippen LogP contribution in [0.5, 0.6) is 0 Å². The van der Waals surface area contributed by atoms with Crippen molar-refractivity contribution in [2.75, 3.05) is 34.8 Å². The second kappa shape index (κ2) is 19.6. The zero-order chi connectivity index (χ0) is 43.6. The quantitative estimate of drug-likeness (QED) is 0.184. The molecule has 0 spiro atoms. The number of esters is 1. The summed E-state index contributed by atoms with van der Waals surface area (Å²) in [5, 5.41) is 25.3. The van der Waals surface area contributed by atoms with Gasteiger partial charge in [-0.15, -0.1) is 0 Å². The Morgan fingerprint density at radius 3 is 2.04 bits per heavy atom. The maximum atomic E-state index is 14.7. The molecular weight excluding hydrogens is 745 g/mol. The Bertz CT molecular complexity index is 1280. The first kappa shape index (κ1) is 50.6. The summed E-state index contributed by atoms with van der Waals surface area (Å²) in [6.07, 6.45) is -1.25. The number of nitrogens with zero attached hydrogens (tertiary/aromatic N) is 2. The van der Waals surface area contributed by atoms with Crippen molar-refractivity contribution in [3.63, 3.8) is 0 Å². The summed E-state index contributed by atoms with van der Waals surface area (Å²) in [7, 11) is 5.44. The molecule has 336 valence electrons. The van der Waals surface area contributed by atoms with E-state index in [0.717, 1.165) is 6.42 Å². The molecule has 3 unspecified atom stereocenters. The molecule has 0 aromatic carbocycles. The van der Waals surface area contributed by atoms with Gasteiger partial charge in [-0.1, -0.05) is 41.5 Å². The van der Waals surface area contributed by atoms with Crippen molar-refractivity contribution in [1.82, 2.24) is 9.80 Å². The molecule has 12 nitrogen and oxygen atoms in total. The second-order valence-electron chi connectivity index (χ2n) is 20.9. The first-order valence-electron chi connectivity index (χ1n) is 21.8. The molecule has 0 aliphatic carbocycles. The van der Waals surface area contributed by atoms with E-state index in [1.54, 1.807) is 21.0 Å². The zero-order valence-electron chi connectivity index (χ0n) is 39.5. The van der Waals surface area contributed by atoms with Crippen LogP contribution >= 0.6 is 0 Å². The third kappa shape index (κ3) is 12.7. The average molecular weight is 831 g/mol. The van der Waals surface area contributed by atoms with Crippen molar-refractivity contribution < 1.29 is 47.9 Å². The monoisotopic (exact) mass is 831 g/mol. The molecule has 3 aliphatic rings. The van der Waals surface area contributed by atoms with Crippen molar-refractivity contribution in [2.45, 2.75) is 225 Å². The van der Waals surface area contributed by atoms with Crippen LogP contribution in [0, 0.1) is 17.8 Å². The topological polar surface area (TPSA) is 129 Å². The number of ether oxygens (including phenoxy) is 6. The molecule has 0 amide bonds. The van der Waals surface area contributed by atoms with Crippen LogP contribution in [0.3, 0.4) is 0 Å². The number of aliphatic hydroxyl groups is 2. The maximum Gasteiger partial charge on any atom is 0.311 e. The van der Waals surface area contributed by atoms with E-state index in [-0.39, 0.29) is 35.2 Å². The highest BCUT2D eigenvalue weighted by Gasteiger charge is 2.53. The van der Waals surface area contributed by atoms with Gasteiger partial charge in [0, 0.05) is 50.9 Å². The van der Waals surface area contributed by atoms with Crippen LogP contribution in [-0.4, -0.2) is 147 Å². The first-order valence-corrected chi connectivity index (χ1v) is 24.8. The minimum Gasteiger partial charge on any atom is -0.459 e. The van der Waals surface area contributed by atoms with Crippen LogP contribution < -0.4 is 0 Å². The first-order chi connectivity index (χ1) is 26.0. The van der Waals surface area contributed by atoms with Gasteiger partial charge in [-0.2, -0.15) is 0 Å². The van der Waals surface area contributed by atoms with Gasteiger partial charge in [-0.25, -0.2) is 0 Å². The number of methoxy groups -OCH3 is 1. The van der Waals surface area contributed by atoms with E-state index in [4.69, 9.17) is 32.8 Å². The van der Waals surface area contributed by atoms with Crippen molar-refractivity contribution in [2.24, 2.45) is 17.8 Å². The van der Waals surface area contributed by atoms with E-state index < -0.39 is 79.9 Å². The fourth-order valence-electron chi connectivity index (χ4n) is 9.43. The Labute approximate surface area is 348 Å². The molecule has 0 aromatic heterocycles. The molecule has 3 fully saturated rings. The fourth-order valence-corrected chi connectivity index (χ4v) is 10.9. The Hall–Kier alpha value is -0.713. The second-order valence-corrected chi connectivity index (χ2v) is 25.7. The summed E-state index contributed by atoms with van der Waals surface area (Å²) in [6, 6.07) is -0.0279. The number of likely N-dealkylation sites (N-methyl/N-ethyl adjacent to an activating group) is 1. The van der Waals surface area contributed by atoms with Crippen LogP contribution in [0.25, 0.3) is 0 Å². The Balaban J connectivity index is 2.21. The van der Waals surface area contributed by atoms with E-state index in [1.165, 1.54) is 0 Å². The third-order valence-electron chi connectivity index (χ3n) is 14.0. The molecule has 0 bridgehead atoms. The average Bonchev–Trinajstić information content (AvgIpc) is 3.07. The van der Waals surface area contributed by atoms with Crippen molar-refractivity contribution in [3.8, 4) is 0 Å². The van der Waals surface area contributed by atoms with Gasteiger partial charge in [0.05, 0.1) is 47.6 Å². The number of hydrogen-bond acceptors (Lipinski definition) is 12. The number of carbonyl (C=O) groups is 1. The van der Waals surface area contributed by atoms with E-state index >= 15 is 0 Å². The molecular formula is C44H86N2O10Si. The lowest BCUT2D eigenvalue weighted by atomic mass is 9.77. The van der Waals surface area contributed by atoms with Crippen molar-refractivity contribution >= 4 is 14.3 Å². The molecule has 3 rings (SSSR count). The van der Waals surface area contributed by atoms with Crippen LogP contribution in [0.15, 0.2) is 0 Å². The fraction of sp³-hybridized carbons (Fsp3) is 0.977. The molecule has 57 heavy (non-hydrogen) atoms. The molecule has 0 saturated carbocycles. The highest BCUT2D eigenvalue weighted by molar-refractivity contribution is 6.74. The van der Waals surface area contributed by atoms with E-state index in [9.17, 15) is 15.0 Å². The van der Waals surface area contributed by atoms with E-state index in [0.29, 0.717) is 38.6 Å². The Kier molecular flexibility index (Phi) is 17.4. The predicted octanol–water partition coefficient (Wildman–Crippen LogP) is 6.99. The number of hydrogen-bond donors (Lipinski definition) is 2. The third-order valence-corrected chi connectivity index (χ3v) is 18.5. The number of carbonyl (C=O) groups excluding carboxylic acids is 1. The Morgan fingerprint density at radius 2 is 1.49 bits per heavy atom. The lowest BCUT2D eigenvalue weighted by Crippen LogP contribution is -2.63. The SMILES string of the molecule is CCC1OC(=O)[C@H](C)[C@@H](OC2C[C@@](C)(OC)C[C@H](C)O2)[C@H](C)[C@@H](OC2C[C@@H](N(C)C)C[C@@H](C)O2)[C@](C)(O)C[C@@H](C)CN(C)[C@H](C)[C@@H](O[Si](C)(C)C(C)(C)C)[C@]1(C)O. The standard InChI is InChI=1S/C44H86N2O10Si/c1-20-34-44(13,49)39(56-57(18,19)41(8,9)10)32(7)46(16)26-27(2)23-43(12,48)38(55-35-22-33(45(14)15)21-28(3)51-35)30(5)37(31(6)40(47)53-34)54-36-25-42(11,50-17)24-29(4)52-36/h27-39,48-49H,20-26H2,1-19H3/t27-,28-,29+,30+,31-,32-,33+,34?,35?,36?,37+,38-,39-,42+,43-,44-/m1/s1. The molecule has 2 N–H and O–H groups in total. The summed E-state index contributed by atoms with van der Waals surface area (Å²) in [5.74, 6) is -1.90. The summed E-state index contributed by atoms with van der Waals surface area (Å²) in [4.78, 5) is 19.1. The van der Waals surface area contributed by atoms with E-state index in [1.807, 2.05) is 34.7 Å². The highest BCUT2D eigenvalue weighted by Crippen LogP contribution is 2.43. The van der Waals surface area contributed by atoms with Gasteiger partial charge in [0.15, 0.2) is 20.9 Å². The summed E-state index contributed by atoms with van der Waals surface area (Å²) < 4.78 is 46.3. The van der Waals surface area contributed by atoms with Crippen LogP contribution in [0.4, 0.5) is 0 Å². The molecule has 13 heteroatoms. The van der Waals surface area contributed by atoms with Gasteiger partial charge in [-0.3, -0.25) is 4.79 Å². The summed E-state index contributed by atoms with van der Waals surface area (Å²) in [6.45, 7) is 31.2. The molecule has 3 saturated heterocycles. The van der Waals surface area contributed by atoms with Gasteiger partial charge < -0.3 is 52.9 Å². The molecule has 3 heterocycles. The highest BCUT2D eigenvalue weighted by atomic mass is 28.4. The minimum atomic E-state index is -2.44. The lowest BCUT2D eigenvalue weighted by molar-refractivity contribution is -0.291. The predicted molar refractivity (Wildman–Crippen MR) is 227 cm³/mol. The van der Waals surface area contributed by atoms with E-state index in [2.05, 4.69) is 85.5 Å².